The third kappa shape index (κ3) is 3.03. The van der Waals surface area contributed by atoms with Gasteiger partial charge in [0.05, 0.1) is 6.10 Å². The third-order valence-electron chi connectivity index (χ3n) is 3.90. The summed E-state index contributed by atoms with van der Waals surface area (Å²) in [6, 6.07) is 8.21. The minimum Gasteiger partial charge on any atom is -0.396 e. The van der Waals surface area contributed by atoms with Crippen LogP contribution in [0.25, 0.3) is 0 Å². The van der Waals surface area contributed by atoms with Crippen LogP contribution in [0.5, 0.6) is 0 Å². The first-order valence-corrected chi connectivity index (χ1v) is 6.88. The lowest BCUT2D eigenvalue weighted by Crippen LogP contribution is -2.34. The second-order valence-electron chi connectivity index (χ2n) is 5.13. The van der Waals surface area contributed by atoms with Crippen LogP contribution < -0.4 is 4.90 Å². The highest BCUT2D eigenvalue weighted by Gasteiger charge is 2.18. The molecule has 1 unspecified atom stereocenters. The van der Waals surface area contributed by atoms with Gasteiger partial charge in [-0.05, 0) is 42.9 Å². The fourth-order valence-corrected chi connectivity index (χ4v) is 2.52. The molecule has 3 heteroatoms. The van der Waals surface area contributed by atoms with E-state index in [9.17, 15) is 5.11 Å². The average Bonchev–Trinajstić information content (AvgIpc) is 2.47. The highest BCUT2D eigenvalue weighted by atomic mass is 16.3. The van der Waals surface area contributed by atoms with Crippen LogP contribution in [0.4, 0.5) is 5.69 Å². The lowest BCUT2D eigenvalue weighted by Gasteiger charge is -2.33. The Balaban J connectivity index is 1.98. The zero-order valence-corrected chi connectivity index (χ0v) is 11.0. The second kappa shape index (κ2) is 6.21. The van der Waals surface area contributed by atoms with Crippen molar-refractivity contribution < 1.29 is 10.2 Å². The van der Waals surface area contributed by atoms with Crippen LogP contribution in [0.1, 0.15) is 37.9 Å². The Kier molecular flexibility index (Phi) is 4.61. The fraction of sp³-hybridized carbons (Fsp3) is 0.600. The molecule has 3 nitrogen and oxygen atoms in total. The van der Waals surface area contributed by atoms with Crippen LogP contribution in [-0.4, -0.2) is 29.9 Å². The van der Waals surface area contributed by atoms with Gasteiger partial charge in [-0.2, -0.15) is 0 Å². The van der Waals surface area contributed by atoms with Crippen molar-refractivity contribution in [2.24, 2.45) is 5.92 Å². The van der Waals surface area contributed by atoms with Crippen LogP contribution in [0.3, 0.4) is 0 Å². The summed E-state index contributed by atoms with van der Waals surface area (Å²) in [7, 11) is 0. The predicted octanol–water partition coefficient (Wildman–Crippen LogP) is 2.34. The highest BCUT2D eigenvalue weighted by molar-refractivity contribution is 5.48. The summed E-state index contributed by atoms with van der Waals surface area (Å²) in [5.74, 6) is 0.474. The Morgan fingerprint density at radius 3 is 2.33 bits per heavy atom. The molecule has 1 aromatic rings. The van der Waals surface area contributed by atoms with E-state index >= 15 is 0 Å². The Morgan fingerprint density at radius 1 is 1.22 bits per heavy atom. The van der Waals surface area contributed by atoms with Gasteiger partial charge in [0.1, 0.15) is 0 Å². The molecule has 100 valence electrons. The lowest BCUT2D eigenvalue weighted by atomic mass is 9.97. The van der Waals surface area contributed by atoms with Gasteiger partial charge in [0, 0.05) is 25.4 Å². The van der Waals surface area contributed by atoms with Gasteiger partial charge in [-0.15, -0.1) is 0 Å². The zero-order chi connectivity index (χ0) is 13.0. The van der Waals surface area contributed by atoms with Crippen molar-refractivity contribution in [1.82, 2.24) is 0 Å². The molecule has 0 aromatic heterocycles. The molecule has 0 radical (unpaired) electrons. The predicted molar refractivity (Wildman–Crippen MR) is 73.7 cm³/mol. The molecule has 0 amide bonds. The van der Waals surface area contributed by atoms with E-state index in [1.165, 1.54) is 5.69 Å². The van der Waals surface area contributed by atoms with E-state index in [4.69, 9.17) is 5.11 Å². The SMILES string of the molecule is CCC(O)c1ccc(N2CCC(CO)CC2)cc1. The van der Waals surface area contributed by atoms with Crippen LogP contribution in [-0.2, 0) is 0 Å². The van der Waals surface area contributed by atoms with Gasteiger partial charge < -0.3 is 15.1 Å². The van der Waals surface area contributed by atoms with Crippen LogP contribution in [0.2, 0.25) is 0 Å². The number of nitrogens with zero attached hydrogens (tertiary/aromatic N) is 1. The molecule has 1 aromatic carbocycles. The maximum atomic E-state index is 9.76. The summed E-state index contributed by atoms with van der Waals surface area (Å²) < 4.78 is 0. The molecule has 2 rings (SSSR count). The van der Waals surface area contributed by atoms with Crippen molar-refractivity contribution in [2.45, 2.75) is 32.3 Å². The molecular formula is C15H23NO2. The molecule has 0 spiro atoms. The maximum Gasteiger partial charge on any atom is 0.0787 e. The molecule has 1 heterocycles. The van der Waals surface area contributed by atoms with Gasteiger partial charge in [-0.1, -0.05) is 19.1 Å². The number of aliphatic hydroxyl groups is 2. The van der Waals surface area contributed by atoms with E-state index in [2.05, 4.69) is 17.0 Å². The van der Waals surface area contributed by atoms with Crippen molar-refractivity contribution in [1.29, 1.82) is 0 Å². The number of piperidine rings is 1. The lowest BCUT2D eigenvalue weighted by molar-refractivity contribution is 0.173. The normalized spacial score (nSPS) is 18.9. The van der Waals surface area contributed by atoms with E-state index < -0.39 is 0 Å². The number of rotatable bonds is 4. The second-order valence-corrected chi connectivity index (χ2v) is 5.13. The smallest absolute Gasteiger partial charge is 0.0787 e. The summed E-state index contributed by atoms with van der Waals surface area (Å²) in [6.07, 6.45) is 2.53. The molecule has 1 fully saturated rings. The monoisotopic (exact) mass is 249 g/mol. The van der Waals surface area contributed by atoms with Gasteiger partial charge in [0.25, 0.3) is 0 Å². The number of hydrogen-bond acceptors (Lipinski definition) is 3. The quantitative estimate of drug-likeness (QED) is 0.861. The van der Waals surface area contributed by atoms with Crippen molar-refractivity contribution in [2.75, 3.05) is 24.6 Å². The van der Waals surface area contributed by atoms with Crippen LogP contribution in [0.15, 0.2) is 24.3 Å². The number of aliphatic hydroxyl groups excluding tert-OH is 2. The van der Waals surface area contributed by atoms with Crippen molar-refractivity contribution in [3.8, 4) is 0 Å². The van der Waals surface area contributed by atoms with Crippen molar-refractivity contribution in [3.63, 3.8) is 0 Å². The molecular weight excluding hydrogens is 226 g/mol. The van der Waals surface area contributed by atoms with Crippen molar-refractivity contribution in [3.05, 3.63) is 29.8 Å². The average molecular weight is 249 g/mol. The third-order valence-corrected chi connectivity index (χ3v) is 3.90. The van der Waals surface area contributed by atoms with Gasteiger partial charge in [0.15, 0.2) is 0 Å². The van der Waals surface area contributed by atoms with Crippen LogP contribution in [0, 0.1) is 5.92 Å². The van der Waals surface area contributed by atoms with E-state index in [-0.39, 0.29) is 6.10 Å². The molecule has 1 atom stereocenters. The molecule has 1 aliphatic rings. The van der Waals surface area contributed by atoms with E-state index in [1.807, 2.05) is 19.1 Å². The van der Waals surface area contributed by atoms with E-state index in [0.717, 1.165) is 37.9 Å². The standard InChI is InChI=1S/C15H23NO2/c1-2-15(18)13-3-5-14(6-4-13)16-9-7-12(11-17)8-10-16/h3-6,12,15,17-18H,2,7-11H2,1H3. The summed E-state index contributed by atoms with van der Waals surface area (Å²) >= 11 is 0. The minimum absolute atomic E-state index is 0.315. The maximum absolute atomic E-state index is 9.76. The van der Waals surface area contributed by atoms with Gasteiger partial charge >= 0.3 is 0 Å². The Bertz CT molecular complexity index is 355. The minimum atomic E-state index is -0.348. The summed E-state index contributed by atoms with van der Waals surface area (Å²) in [5, 5.41) is 18.9. The molecule has 0 aliphatic carbocycles. The number of benzene rings is 1. The fourth-order valence-electron chi connectivity index (χ4n) is 2.52. The summed E-state index contributed by atoms with van der Waals surface area (Å²) in [5.41, 5.74) is 2.21. The molecule has 2 N–H and O–H groups in total. The van der Waals surface area contributed by atoms with Gasteiger partial charge in [-0.25, -0.2) is 0 Å². The first-order valence-electron chi connectivity index (χ1n) is 6.88. The molecule has 18 heavy (non-hydrogen) atoms. The zero-order valence-electron chi connectivity index (χ0n) is 11.0. The molecule has 1 saturated heterocycles. The Labute approximate surface area is 109 Å². The summed E-state index contributed by atoms with van der Waals surface area (Å²) in [4.78, 5) is 2.36. The molecule has 1 aliphatic heterocycles. The van der Waals surface area contributed by atoms with E-state index in [1.54, 1.807) is 0 Å². The highest BCUT2D eigenvalue weighted by Crippen LogP contribution is 2.25. The largest absolute Gasteiger partial charge is 0.396 e. The molecule has 0 bridgehead atoms. The molecule has 0 saturated carbocycles. The first kappa shape index (κ1) is 13.4. The first-order chi connectivity index (χ1) is 8.74. The van der Waals surface area contributed by atoms with Crippen LogP contribution >= 0.6 is 0 Å². The summed E-state index contributed by atoms with van der Waals surface area (Å²) in [6.45, 7) is 4.33. The van der Waals surface area contributed by atoms with Gasteiger partial charge in [0.2, 0.25) is 0 Å². The number of anilines is 1. The number of hydrogen-bond donors (Lipinski definition) is 2. The Hall–Kier alpha value is -1.06. The van der Waals surface area contributed by atoms with Gasteiger partial charge in [-0.3, -0.25) is 0 Å². The topological polar surface area (TPSA) is 43.7 Å². The Morgan fingerprint density at radius 2 is 1.83 bits per heavy atom. The van der Waals surface area contributed by atoms with Crippen molar-refractivity contribution >= 4 is 5.69 Å². The van der Waals surface area contributed by atoms with E-state index in [0.29, 0.717) is 12.5 Å².